The smallest absolute Gasteiger partial charge is 0.122 e. The highest BCUT2D eigenvalue weighted by atomic mass is 16.5. The van der Waals surface area contributed by atoms with Gasteiger partial charge >= 0.3 is 0 Å². The summed E-state index contributed by atoms with van der Waals surface area (Å²) in [5.41, 5.74) is -0.349. The van der Waals surface area contributed by atoms with E-state index in [-0.39, 0.29) is 5.54 Å². The molecule has 0 amide bonds. The van der Waals surface area contributed by atoms with Gasteiger partial charge in [-0.1, -0.05) is 13.8 Å². The lowest BCUT2D eigenvalue weighted by Gasteiger charge is -2.33. The molecular weight excluding hydrogens is 214 g/mol. The number of hydrogen-bond acceptors (Lipinski definition) is 4. The summed E-state index contributed by atoms with van der Waals surface area (Å²) in [7, 11) is 1.72. The summed E-state index contributed by atoms with van der Waals surface area (Å²) in [4.78, 5) is 2.30. The van der Waals surface area contributed by atoms with Gasteiger partial charge in [0.1, 0.15) is 5.54 Å². The van der Waals surface area contributed by atoms with E-state index in [2.05, 4.69) is 30.1 Å². The molecule has 1 unspecified atom stereocenters. The first-order valence-corrected chi connectivity index (χ1v) is 6.60. The predicted octanol–water partition coefficient (Wildman–Crippen LogP) is 1.24. The third kappa shape index (κ3) is 3.95. The van der Waals surface area contributed by atoms with Crippen molar-refractivity contribution in [2.45, 2.75) is 32.2 Å². The minimum atomic E-state index is -0.349. The van der Waals surface area contributed by atoms with Crippen LogP contribution < -0.4 is 5.32 Å². The molecule has 0 bridgehead atoms. The molecule has 1 atom stereocenters. The molecular formula is C13H25N3O. The quantitative estimate of drug-likeness (QED) is 0.657. The Labute approximate surface area is 105 Å². The van der Waals surface area contributed by atoms with Gasteiger partial charge in [0.15, 0.2) is 0 Å². The zero-order valence-electron chi connectivity index (χ0n) is 11.3. The van der Waals surface area contributed by atoms with Gasteiger partial charge in [-0.05, 0) is 31.8 Å². The first-order valence-electron chi connectivity index (χ1n) is 6.60. The van der Waals surface area contributed by atoms with E-state index in [1.54, 1.807) is 7.11 Å². The zero-order valence-corrected chi connectivity index (χ0v) is 11.3. The lowest BCUT2D eigenvalue weighted by molar-refractivity contribution is 0.131. The summed E-state index contributed by atoms with van der Waals surface area (Å²) in [5, 5.41) is 12.9. The number of nitrogens with one attached hydrogen (secondary N) is 1. The Morgan fingerprint density at radius 2 is 2.18 bits per heavy atom. The van der Waals surface area contributed by atoms with Gasteiger partial charge < -0.3 is 4.74 Å². The highest BCUT2D eigenvalue weighted by Crippen LogP contribution is 2.39. The molecule has 1 fully saturated rings. The maximum absolute atomic E-state index is 9.52. The van der Waals surface area contributed by atoms with Crippen molar-refractivity contribution in [3.63, 3.8) is 0 Å². The molecule has 1 rings (SSSR count). The molecule has 0 heterocycles. The highest BCUT2D eigenvalue weighted by Gasteiger charge is 2.45. The molecule has 0 saturated heterocycles. The molecule has 0 radical (unpaired) electrons. The molecule has 98 valence electrons. The van der Waals surface area contributed by atoms with Crippen molar-refractivity contribution in [3.8, 4) is 6.07 Å². The van der Waals surface area contributed by atoms with Crippen LogP contribution >= 0.6 is 0 Å². The van der Waals surface area contributed by atoms with E-state index >= 15 is 0 Å². The third-order valence-corrected chi connectivity index (χ3v) is 3.50. The molecule has 0 aromatic rings. The molecule has 0 aromatic heterocycles. The zero-order chi connectivity index (χ0) is 12.7. The SMILES string of the molecule is CCNC(C#N)(CN(CC)CCOC)C1CC1. The van der Waals surface area contributed by atoms with Crippen molar-refractivity contribution in [1.29, 1.82) is 5.26 Å². The normalized spacial score (nSPS) is 19.0. The van der Waals surface area contributed by atoms with Crippen molar-refractivity contribution in [2.24, 2.45) is 5.92 Å². The number of hydrogen-bond donors (Lipinski definition) is 1. The summed E-state index contributed by atoms with van der Waals surface area (Å²) < 4.78 is 5.11. The van der Waals surface area contributed by atoms with Gasteiger partial charge in [0.2, 0.25) is 0 Å². The van der Waals surface area contributed by atoms with E-state index in [4.69, 9.17) is 4.74 Å². The van der Waals surface area contributed by atoms with E-state index in [1.165, 1.54) is 12.8 Å². The number of ether oxygens (including phenoxy) is 1. The van der Waals surface area contributed by atoms with Crippen molar-refractivity contribution < 1.29 is 4.74 Å². The van der Waals surface area contributed by atoms with E-state index in [0.29, 0.717) is 5.92 Å². The summed E-state index contributed by atoms with van der Waals surface area (Å²) in [6.45, 7) is 8.45. The number of nitriles is 1. The molecule has 1 aliphatic rings. The van der Waals surface area contributed by atoms with Gasteiger partial charge in [0, 0.05) is 20.2 Å². The van der Waals surface area contributed by atoms with Crippen LogP contribution in [-0.4, -0.2) is 50.3 Å². The third-order valence-electron chi connectivity index (χ3n) is 3.50. The van der Waals surface area contributed by atoms with Crippen molar-refractivity contribution in [3.05, 3.63) is 0 Å². The first kappa shape index (κ1) is 14.4. The number of nitrogens with zero attached hydrogens (tertiary/aromatic N) is 2. The monoisotopic (exact) mass is 239 g/mol. The Morgan fingerprint density at radius 1 is 1.47 bits per heavy atom. The van der Waals surface area contributed by atoms with Gasteiger partial charge in [-0.15, -0.1) is 0 Å². The molecule has 4 nitrogen and oxygen atoms in total. The molecule has 4 heteroatoms. The Kier molecular flexibility index (Phi) is 5.90. The van der Waals surface area contributed by atoms with Crippen LogP contribution in [0.5, 0.6) is 0 Å². The van der Waals surface area contributed by atoms with Crippen LogP contribution in [0.4, 0.5) is 0 Å². The van der Waals surface area contributed by atoms with Crippen LogP contribution in [0.25, 0.3) is 0 Å². The number of likely N-dealkylation sites (N-methyl/N-ethyl adjacent to an activating group) is 2. The molecule has 0 spiro atoms. The number of methoxy groups -OCH3 is 1. The molecule has 1 N–H and O–H groups in total. The van der Waals surface area contributed by atoms with Crippen LogP contribution in [0.2, 0.25) is 0 Å². The van der Waals surface area contributed by atoms with Crippen LogP contribution in [0, 0.1) is 17.2 Å². The second kappa shape index (κ2) is 6.95. The van der Waals surface area contributed by atoms with Gasteiger partial charge in [-0.25, -0.2) is 0 Å². The average molecular weight is 239 g/mol. The predicted molar refractivity (Wildman–Crippen MR) is 68.7 cm³/mol. The fraction of sp³-hybridized carbons (Fsp3) is 0.923. The lowest BCUT2D eigenvalue weighted by atomic mass is 9.94. The minimum Gasteiger partial charge on any atom is -0.383 e. The Hall–Kier alpha value is -0.630. The standard InChI is InChI=1S/C13H25N3O/c1-4-15-13(10-14,12-6-7-12)11-16(5-2)8-9-17-3/h12,15H,4-9,11H2,1-3H3. The van der Waals surface area contributed by atoms with E-state index in [0.717, 1.165) is 32.8 Å². The topological polar surface area (TPSA) is 48.3 Å². The van der Waals surface area contributed by atoms with Crippen molar-refractivity contribution in [2.75, 3.05) is 39.9 Å². The Morgan fingerprint density at radius 3 is 2.59 bits per heavy atom. The molecule has 1 aliphatic carbocycles. The summed E-state index contributed by atoms with van der Waals surface area (Å²) in [6, 6.07) is 2.53. The molecule has 1 saturated carbocycles. The highest BCUT2D eigenvalue weighted by molar-refractivity contribution is 5.16. The number of rotatable bonds is 9. The van der Waals surface area contributed by atoms with E-state index in [9.17, 15) is 5.26 Å². The van der Waals surface area contributed by atoms with Gasteiger partial charge in [0.05, 0.1) is 12.7 Å². The molecule has 0 aliphatic heterocycles. The largest absolute Gasteiger partial charge is 0.383 e. The Balaban J connectivity index is 2.60. The van der Waals surface area contributed by atoms with Crippen molar-refractivity contribution in [1.82, 2.24) is 10.2 Å². The second-order valence-electron chi connectivity index (χ2n) is 4.75. The van der Waals surface area contributed by atoms with Crippen LogP contribution in [0.15, 0.2) is 0 Å². The van der Waals surface area contributed by atoms with E-state index < -0.39 is 0 Å². The fourth-order valence-electron chi connectivity index (χ4n) is 2.31. The van der Waals surface area contributed by atoms with Crippen LogP contribution in [0.1, 0.15) is 26.7 Å². The van der Waals surface area contributed by atoms with E-state index in [1.807, 2.05) is 0 Å². The van der Waals surface area contributed by atoms with Gasteiger partial charge in [-0.3, -0.25) is 10.2 Å². The average Bonchev–Trinajstić information content (AvgIpc) is 3.17. The maximum Gasteiger partial charge on any atom is 0.122 e. The molecule has 17 heavy (non-hydrogen) atoms. The summed E-state index contributed by atoms with van der Waals surface area (Å²) >= 11 is 0. The summed E-state index contributed by atoms with van der Waals surface area (Å²) in [6.07, 6.45) is 2.37. The lowest BCUT2D eigenvalue weighted by Crippen LogP contribution is -2.54. The summed E-state index contributed by atoms with van der Waals surface area (Å²) in [5.74, 6) is 0.532. The van der Waals surface area contributed by atoms with Crippen LogP contribution in [0.3, 0.4) is 0 Å². The van der Waals surface area contributed by atoms with Crippen LogP contribution in [-0.2, 0) is 4.74 Å². The second-order valence-corrected chi connectivity index (χ2v) is 4.75. The van der Waals surface area contributed by atoms with Gasteiger partial charge in [-0.2, -0.15) is 5.26 Å². The maximum atomic E-state index is 9.52. The van der Waals surface area contributed by atoms with Gasteiger partial charge in [0.25, 0.3) is 0 Å². The van der Waals surface area contributed by atoms with Crippen molar-refractivity contribution >= 4 is 0 Å². The Bertz CT molecular complexity index is 260. The fourth-order valence-corrected chi connectivity index (χ4v) is 2.31. The first-order chi connectivity index (χ1) is 8.22. The minimum absolute atomic E-state index is 0.349. The molecule has 0 aromatic carbocycles.